The molecule has 0 amide bonds. The second-order valence-electron chi connectivity index (χ2n) is 6.44. The maximum Gasteiger partial charge on any atom is 0.416 e. The predicted molar refractivity (Wildman–Crippen MR) is 116 cm³/mol. The van der Waals surface area contributed by atoms with Crippen molar-refractivity contribution in [3.8, 4) is 6.07 Å². The van der Waals surface area contributed by atoms with E-state index in [0.29, 0.717) is 0 Å². The Labute approximate surface area is 204 Å². The molecule has 0 saturated heterocycles. The van der Waals surface area contributed by atoms with Crippen LogP contribution in [0.4, 0.5) is 13.2 Å². The third-order valence-electron chi connectivity index (χ3n) is 4.33. The molecular formula is C19H10Cl4F3N5O2. The van der Waals surface area contributed by atoms with Crippen LogP contribution in [0, 0.1) is 11.3 Å². The van der Waals surface area contributed by atoms with E-state index in [1.165, 1.54) is 14.1 Å². The molecular weight excluding hydrogens is 529 g/mol. The summed E-state index contributed by atoms with van der Waals surface area (Å²) in [5, 5.41) is 16.8. The minimum Gasteiger partial charge on any atom is -0.420 e. The smallest absolute Gasteiger partial charge is 0.416 e. The van der Waals surface area contributed by atoms with E-state index in [-0.39, 0.29) is 42.9 Å². The van der Waals surface area contributed by atoms with E-state index in [9.17, 15) is 23.2 Å². The number of nitriles is 1. The second-order valence-corrected chi connectivity index (χ2v) is 7.87. The quantitative estimate of drug-likeness (QED) is 0.230. The fourth-order valence-corrected chi connectivity index (χ4v) is 3.83. The molecule has 0 aliphatic rings. The van der Waals surface area contributed by atoms with Gasteiger partial charge < -0.3 is 4.74 Å². The first kappa shape index (κ1) is 24.9. The molecule has 0 atom stereocenters. The highest BCUT2D eigenvalue weighted by molar-refractivity contribution is 6.39. The molecule has 0 radical (unpaired) electrons. The average Bonchev–Trinajstić information content (AvgIpc) is 3.13. The first-order valence-electron chi connectivity index (χ1n) is 8.67. The number of aromatic nitrogens is 4. The Balaban J connectivity index is 2.22. The second kappa shape index (κ2) is 9.27. The van der Waals surface area contributed by atoms with Gasteiger partial charge in [-0.15, -0.1) is 0 Å². The van der Waals surface area contributed by atoms with Gasteiger partial charge in [0.2, 0.25) is 0 Å². The molecule has 0 bridgehead atoms. The monoisotopic (exact) mass is 537 g/mol. The number of carbonyl (C=O) groups excluding carboxylic acids is 1. The molecule has 3 rings (SSSR count). The van der Waals surface area contributed by atoms with Gasteiger partial charge in [0, 0.05) is 14.1 Å². The van der Waals surface area contributed by atoms with Crippen molar-refractivity contribution in [2.45, 2.75) is 6.18 Å². The first-order chi connectivity index (χ1) is 15.4. The third-order valence-corrected chi connectivity index (χ3v) is 5.73. The summed E-state index contributed by atoms with van der Waals surface area (Å²) >= 11 is 24.4. The van der Waals surface area contributed by atoms with Crippen molar-refractivity contribution in [3.63, 3.8) is 0 Å². The summed E-state index contributed by atoms with van der Waals surface area (Å²) in [5.41, 5.74) is -1.73. The summed E-state index contributed by atoms with van der Waals surface area (Å²) in [6, 6.07) is 5.43. The number of hydrogen-bond acceptors (Lipinski definition) is 5. The largest absolute Gasteiger partial charge is 0.420 e. The van der Waals surface area contributed by atoms with Gasteiger partial charge in [-0.05, 0) is 17.7 Å². The maximum absolute atomic E-state index is 12.9. The lowest BCUT2D eigenvalue weighted by atomic mass is 10.0. The van der Waals surface area contributed by atoms with Gasteiger partial charge in [-0.2, -0.15) is 28.6 Å². The molecule has 3 aromatic rings. The lowest BCUT2D eigenvalue weighted by Crippen LogP contribution is -2.08. The van der Waals surface area contributed by atoms with Gasteiger partial charge in [0.05, 0.1) is 11.1 Å². The Bertz CT molecular complexity index is 1320. The number of alkyl halides is 3. The molecule has 0 N–H and O–H groups in total. The zero-order valence-electron chi connectivity index (χ0n) is 16.5. The number of allylic oxidation sites excluding steroid dienone is 1. The molecule has 172 valence electrons. The summed E-state index contributed by atoms with van der Waals surface area (Å²) in [5.74, 6) is -1.56. The van der Waals surface area contributed by atoms with Crippen molar-refractivity contribution in [1.29, 1.82) is 5.26 Å². The molecule has 2 aromatic heterocycles. The molecule has 33 heavy (non-hydrogen) atoms. The molecule has 0 saturated carbocycles. The molecule has 0 aliphatic carbocycles. The van der Waals surface area contributed by atoms with Crippen LogP contribution >= 0.6 is 46.4 Å². The average molecular weight is 539 g/mol. The molecule has 0 fully saturated rings. The predicted octanol–water partition coefficient (Wildman–Crippen LogP) is 6.03. The van der Waals surface area contributed by atoms with E-state index in [4.69, 9.17) is 51.1 Å². The van der Waals surface area contributed by atoms with Gasteiger partial charge in [-0.3, -0.25) is 9.36 Å². The highest BCUT2D eigenvalue weighted by Crippen LogP contribution is 2.38. The normalized spacial score (nSPS) is 12.4. The fourth-order valence-electron chi connectivity index (χ4n) is 2.74. The molecule has 7 nitrogen and oxygen atoms in total. The summed E-state index contributed by atoms with van der Waals surface area (Å²) in [7, 11) is 2.87. The Morgan fingerprint density at radius 3 is 1.85 bits per heavy atom. The zero-order valence-corrected chi connectivity index (χ0v) is 19.5. The van der Waals surface area contributed by atoms with Crippen LogP contribution in [0.25, 0.3) is 11.3 Å². The van der Waals surface area contributed by atoms with E-state index in [1.54, 1.807) is 0 Å². The highest BCUT2D eigenvalue weighted by atomic mass is 35.5. The third kappa shape index (κ3) is 4.82. The number of carbonyl (C=O) groups is 1. The molecule has 14 heteroatoms. The van der Waals surface area contributed by atoms with Crippen LogP contribution in [0.5, 0.6) is 0 Å². The van der Waals surface area contributed by atoms with Crippen LogP contribution in [0.1, 0.15) is 27.0 Å². The lowest BCUT2D eigenvalue weighted by molar-refractivity contribution is -0.137. The number of aryl methyl sites for hydroxylation is 2. The van der Waals surface area contributed by atoms with Gasteiger partial charge in [0.25, 0.3) is 0 Å². The number of ether oxygens (including phenoxy) is 1. The highest BCUT2D eigenvalue weighted by Gasteiger charge is 2.32. The Hall–Kier alpha value is -2.71. The standard InChI is InChI=1S/C19H10Cl4F3N5O2/c1-30-16(22)11(14(20)28-30)13(33-18(32)12-15(21)29-31(2)17(12)23)10(7-27)8-3-5-9(6-4-8)19(24,25)26/h3-6H,1-2H3. The number of benzene rings is 1. The van der Waals surface area contributed by atoms with Gasteiger partial charge in [0.15, 0.2) is 16.1 Å². The van der Waals surface area contributed by atoms with Gasteiger partial charge in [-0.25, -0.2) is 4.79 Å². The van der Waals surface area contributed by atoms with Crippen molar-refractivity contribution in [3.05, 3.63) is 67.1 Å². The van der Waals surface area contributed by atoms with Gasteiger partial charge >= 0.3 is 12.1 Å². The summed E-state index contributed by atoms with van der Waals surface area (Å²) < 4.78 is 46.5. The zero-order chi connectivity index (χ0) is 24.7. The summed E-state index contributed by atoms with van der Waals surface area (Å²) in [6.45, 7) is 0. The maximum atomic E-state index is 12.9. The van der Waals surface area contributed by atoms with E-state index in [1.807, 2.05) is 6.07 Å². The minimum absolute atomic E-state index is 0.00679. The van der Waals surface area contributed by atoms with Crippen molar-refractivity contribution < 1.29 is 22.7 Å². The van der Waals surface area contributed by atoms with Gasteiger partial charge in [0.1, 0.15) is 27.5 Å². The minimum atomic E-state index is -4.59. The number of esters is 1. The Morgan fingerprint density at radius 2 is 1.45 bits per heavy atom. The molecule has 0 spiro atoms. The fraction of sp³-hybridized carbons (Fsp3) is 0.158. The SMILES string of the molecule is Cn1nc(Cl)c(C(=O)OC(=C(C#N)c2ccc(C(F)(F)F)cc2)c2c(Cl)nn(C)c2Cl)c1Cl. The Kier molecular flexibility index (Phi) is 7.00. The van der Waals surface area contributed by atoms with Crippen molar-refractivity contribution in [2.24, 2.45) is 14.1 Å². The van der Waals surface area contributed by atoms with E-state index in [2.05, 4.69) is 10.2 Å². The van der Waals surface area contributed by atoms with Crippen LogP contribution in [0.3, 0.4) is 0 Å². The summed E-state index contributed by atoms with van der Waals surface area (Å²) in [6.07, 6.45) is -4.59. The number of nitrogens with zero attached hydrogens (tertiary/aromatic N) is 5. The number of rotatable bonds is 4. The van der Waals surface area contributed by atoms with Crippen LogP contribution < -0.4 is 0 Å². The van der Waals surface area contributed by atoms with Crippen molar-refractivity contribution in [2.75, 3.05) is 0 Å². The molecule has 0 unspecified atom stereocenters. The first-order valence-corrected chi connectivity index (χ1v) is 10.2. The van der Waals surface area contributed by atoms with E-state index < -0.39 is 23.5 Å². The van der Waals surface area contributed by atoms with E-state index >= 15 is 0 Å². The molecule has 1 aromatic carbocycles. The van der Waals surface area contributed by atoms with Crippen LogP contribution in [0.15, 0.2) is 24.3 Å². The van der Waals surface area contributed by atoms with Crippen LogP contribution in [-0.4, -0.2) is 25.5 Å². The van der Waals surface area contributed by atoms with E-state index in [0.717, 1.165) is 33.6 Å². The molecule has 2 heterocycles. The van der Waals surface area contributed by atoms with Crippen molar-refractivity contribution in [1.82, 2.24) is 19.6 Å². The number of hydrogen-bond donors (Lipinski definition) is 0. The van der Waals surface area contributed by atoms with Crippen molar-refractivity contribution >= 4 is 63.7 Å². The lowest BCUT2D eigenvalue weighted by Gasteiger charge is -2.12. The number of halogens is 7. The summed E-state index contributed by atoms with van der Waals surface area (Å²) in [4.78, 5) is 12.9. The Morgan fingerprint density at radius 1 is 0.970 bits per heavy atom. The molecule has 0 aliphatic heterocycles. The van der Waals surface area contributed by atoms with Gasteiger partial charge in [-0.1, -0.05) is 58.5 Å². The van der Waals surface area contributed by atoms with Crippen LogP contribution in [-0.2, 0) is 25.0 Å². The van der Waals surface area contributed by atoms with Crippen LogP contribution in [0.2, 0.25) is 20.6 Å². The topological polar surface area (TPSA) is 85.7 Å².